The molecule has 0 aliphatic rings. The van der Waals surface area contributed by atoms with E-state index < -0.39 is 5.97 Å². The fourth-order valence-electron chi connectivity index (χ4n) is 2.34. The second kappa shape index (κ2) is 6.18. The zero-order chi connectivity index (χ0) is 16.6. The zero-order valence-electron chi connectivity index (χ0n) is 12.6. The first-order valence-corrected chi connectivity index (χ1v) is 8.20. The summed E-state index contributed by atoms with van der Waals surface area (Å²) in [5, 5.41) is 0.980. The molecule has 0 fully saturated rings. The van der Waals surface area contributed by atoms with Gasteiger partial charge in [0.1, 0.15) is 0 Å². The van der Waals surface area contributed by atoms with Crippen molar-refractivity contribution in [3.05, 3.63) is 56.4 Å². The van der Waals surface area contributed by atoms with Gasteiger partial charge in [-0.05, 0) is 49.7 Å². The highest BCUT2D eigenvalue weighted by molar-refractivity contribution is 7.18. The van der Waals surface area contributed by atoms with E-state index in [0.717, 1.165) is 22.2 Å². The van der Waals surface area contributed by atoms with Crippen molar-refractivity contribution >= 4 is 45.6 Å². The topological polar surface area (TPSA) is 59.2 Å². The maximum Gasteiger partial charge on any atom is 0.338 e. The van der Waals surface area contributed by atoms with Crippen LogP contribution < -0.4 is 0 Å². The molecule has 3 aromatic rings. The van der Waals surface area contributed by atoms with Gasteiger partial charge in [-0.2, -0.15) is 0 Å². The molecule has 23 heavy (non-hydrogen) atoms. The van der Waals surface area contributed by atoms with Crippen LogP contribution in [0.5, 0.6) is 0 Å². The molecule has 4 nitrogen and oxygen atoms in total. The van der Waals surface area contributed by atoms with Crippen molar-refractivity contribution in [3.63, 3.8) is 0 Å². The van der Waals surface area contributed by atoms with Crippen molar-refractivity contribution in [2.45, 2.75) is 13.8 Å². The molecule has 1 N–H and O–H groups in total. The van der Waals surface area contributed by atoms with Gasteiger partial charge < -0.3 is 9.72 Å². The number of thiophene rings is 1. The molecule has 118 valence electrons. The number of carbonyl (C=O) groups is 2. The van der Waals surface area contributed by atoms with Crippen molar-refractivity contribution in [1.29, 1.82) is 0 Å². The Labute approximate surface area is 142 Å². The quantitative estimate of drug-likeness (QED) is 0.556. The van der Waals surface area contributed by atoms with Crippen LogP contribution in [0.15, 0.2) is 30.3 Å². The molecule has 0 saturated carbocycles. The number of aromatic nitrogens is 1. The third kappa shape index (κ3) is 3.16. The number of rotatable bonds is 4. The van der Waals surface area contributed by atoms with Crippen LogP contribution >= 0.6 is 22.9 Å². The highest BCUT2D eigenvalue weighted by atomic mass is 35.5. The number of benzene rings is 1. The molecular formula is C17H14ClNO3S. The second-order valence-corrected chi connectivity index (χ2v) is 6.95. The Bertz CT molecular complexity index is 910. The number of halogens is 1. The van der Waals surface area contributed by atoms with Gasteiger partial charge >= 0.3 is 5.97 Å². The molecule has 0 aliphatic heterocycles. The van der Waals surface area contributed by atoms with Gasteiger partial charge in [-0.15, -0.1) is 11.3 Å². The number of H-pyrrole nitrogens is 1. The summed E-state index contributed by atoms with van der Waals surface area (Å²) in [6.07, 6.45) is 0. The van der Waals surface area contributed by atoms with Gasteiger partial charge in [0, 0.05) is 16.6 Å². The molecule has 2 heterocycles. The number of hydrogen-bond acceptors (Lipinski definition) is 4. The van der Waals surface area contributed by atoms with Crippen LogP contribution in [0, 0.1) is 13.8 Å². The highest BCUT2D eigenvalue weighted by Crippen LogP contribution is 2.23. The van der Waals surface area contributed by atoms with Crippen LogP contribution in [0.25, 0.3) is 10.9 Å². The normalized spacial score (nSPS) is 10.9. The fraction of sp³-hybridized carbons (Fsp3) is 0.176. The van der Waals surface area contributed by atoms with Crippen LogP contribution in [0.1, 0.15) is 31.3 Å². The number of ketones is 1. The first-order valence-electron chi connectivity index (χ1n) is 7.00. The molecule has 0 atom stereocenters. The van der Waals surface area contributed by atoms with Gasteiger partial charge in [0.2, 0.25) is 5.78 Å². The molecule has 2 aromatic heterocycles. The number of Topliss-reactive ketones (excluding diaryl/α,β-unsaturated/α-hetero) is 1. The van der Waals surface area contributed by atoms with Crippen LogP contribution in [0.3, 0.4) is 0 Å². The Hall–Kier alpha value is -2.11. The van der Waals surface area contributed by atoms with Crippen LogP contribution in [0.4, 0.5) is 0 Å². The van der Waals surface area contributed by atoms with E-state index in [2.05, 4.69) is 4.98 Å². The molecule has 0 radical (unpaired) electrons. The molecule has 1 aromatic carbocycles. The summed E-state index contributed by atoms with van der Waals surface area (Å²) in [5.74, 6) is -0.772. The second-order valence-electron chi connectivity index (χ2n) is 5.24. The van der Waals surface area contributed by atoms with Gasteiger partial charge in [0.25, 0.3) is 0 Å². The standard InChI is InChI=1S/C17H14ClNO3S/c1-9-10(2)19-13-4-3-11(7-12(9)13)17(21)22-8-14(20)15-5-6-16(18)23-15/h3-7,19H,8H2,1-2H3. The number of aromatic amines is 1. The molecule has 0 amide bonds. The van der Waals surface area contributed by atoms with Crippen LogP contribution in [-0.4, -0.2) is 23.3 Å². The lowest BCUT2D eigenvalue weighted by atomic mass is 10.1. The van der Waals surface area contributed by atoms with E-state index in [0.29, 0.717) is 14.8 Å². The minimum Gasteiger partial charge on any atom is -0.454 e. The van der Waals surface area contributed by atoms with Gasteiger partial charge in [0.15, 0.2) is 6.61 Å². The number of ether oxygens (including phenoxy) is 1. The molecule has 0 bridgehead atoms. The number of aryl methyl sites for hydroxylation is 2. The Morgan fingerprint density at radius 3 is 2.70 bits per heavy atom. The third-order valence-corrected chi connectivity index (χ3v) is 5.00. The lowest BCUT2D eigenvalue weighted by Crippen LogP contribution is -2.13. The highest BCUT2D eigenvalue weighted by Gasteiger charge is 2.15. The molecule has 3 rings (SSSR count). The van der Waals surface area contributed by atoms with Gasteiger partial charge in [0.05, 0.1) is 14.8 Å². The predicted molar refractivity (Wildman–Crippen MR) is 91.7 cm³/mol. The summed E-state index contributed by atoms with van der Waals surface area (Å²) in [6, 6.07) is 8.58. The summed E-state index contributed by atoms with van der Waals surface area (Å²) in [4.78, 5) is 27.8. The zero-order valence-corrected chi connectivity index (χ0v) is 14.2. The third-order valence-electron chi connectivity index (χ3n) is 3.73. The number of esters is 1. The minimum atomic E-state index is -0.513. The van der Waals surface area contributed by atoms with Crippen molar-refractivity contribution in [2.75, 3.05) is 6.61 Å². The molecular weight excluding hydrogens is 334 g/mol. The molecule has 0 unspecified atom stereocenters. The van der Waals surface area contributed by atoms with Crippen LogP contribution in [0.2, 0.25) is 4.34 Å². The van der Waals surface area contributed by atoms with Crippen molar-refractivity contribution in [1.82, 2.24) is 4.98 Å². The summed E-state index contributed by atoms with van der Waals surface area (Å²) >= 11 is 6.96. The summed E-state index contributed by atoms with van der Waals surface area (Å²) in [6.45, 7) is 3.68. The predicted octanol–water partition coefficient (Wildman–Crippen LogP) is 4.54. The minimum absolute atomic E-state index is 0.259. The molecule has 0 aliphatic carbocycles. The maximum absolute atomic E-state index is 12.1. The number of fused-ring (bicyclic) bond motifs is 1. The largest absolute Gasteiger partial charge is 0.454 e. The van der Waals surface area contributed by atoms with Gasteiger partial charge in [-0.1, -0.05) is 11.6 Å². The number of nitrogens with one attached hydrogen (secondary N) is 1. The summed E-state index contributed by atoms with van der Waals surface area (Å²) in [5.41, 5.74) is 3.56. The first-order chi connectivity index (χ1) is 11.0. The van der Waals surface area contributed by atoms with Crippen molar-refractivity contribution in [2.24, 2.45) is 0 Å². The molecule has 0 spiro atoms. The monoisotopic (exact) mass is 347 g/mol. The van der Waals surface area contributed by atoms with E-state index >= 15 is 0 Å². The average molecular weight is 348 g/mol. The van der Waals surface area contributed by atoms with Crippen molar-refractivity contribution in [3.8, 4) is 0 Å². The number of carbonyl (C=O) groups excluding carboxylic acids is 2. The first kappa shape index (κ1) is 15.8. The van der Waals surface area contributed by atoms with E-state index in [1.807, 2.05) is 19.9 Å². The van der Waals surface area contributed by atoms with Gasteiger partial charge in [-0.25, -0.2) is 4.79 Å². The number of hydrogen-bond donors (Lipinski definition) is 1. The Kier molecular flexibility index (Phi) is 4.24. The lowest BCUT2D eigenvalue weighted by molar-refractivity contribution is 0.0476. The van der Waals surface area contributed by atoms with Gasteiger partial charge in [-0.3, -0.25) is 4.79 Å². The SMILES string of the molecule is Cc1[nH]c2ccc(C(=O)OCC(=O)c3ccc(Cl)s3)cc2c1C. The molecule has 0 saturated heterocycles. The van der Waals surface area contributed by atoms with E-state index in [-0.39, 0.29) is 12.4 Å². The Balaban J connectivity index is 1.73. The van der Waals surface area contributed by atoms with Crippen LogP contribution in [-0.2, 0) is 4.74 Å². The van der Waals surface area contributed by atoms with Crippen molar-refractivity contribution < 1.29 is 14.3 Å². The molecule has 6 heteroatoms. The van der Waals surface area contributed by atoms with E-state index in [4.69, 9.17) is 16.3 Å². The summed E-state index contributed by atoms with van der Waals surface area (Å²) < 4.78 is 5.64. The van der Waals surface area contributed by atoms with E-state index in [1.165, 1.54) is 11.3 Å². The van der Waals surface area contributed by atoms with E-state index in [9.17, 15) is 9.59 Å². The smallest absolute Gasteiger partial charge is 0.338 e. The lowest BCUT2D eigenvalue weighted by Gasteiger charge is -2.04. The summed E-state index contributed by atoms with van der Waals surface area (Å²) in [7, 11) is 0. The van der Waals surface area contributed by atoms with E-state index in [1.54, 1.807) is 24.3 Å². The average Bonchev–Trinajstić information content (AvgIpc) is 3.09. The Morgan fingerprint density at radius 2 is 2.00 bits per heavy atom. The Morgan fingerprint density at radius 1 is 1.22 bits per heavy atom. The fourth-order valence-corrected chi connectivity index (χ4v) is 3.31. The maximum atomic E-state index is 12.1.